The van der Waals surface area contributed by atoms with Crippen molar-refractivity contribution in [1.29, 1.82) is 0 Å². The molecule has 0 unspecified atom stereocenters. The number of aromatic amines is 1. The van der Waals surface area contributed by atoms with Gasteiger partial charge in [-0.05, 0) is 25.5 Å². The molecule has 0 atom stereocenters. The van der Waals surface area contributed by atoms with Crippen LogP contribution in [0.4, 0.5) is 0 Å². The fraction of sp³-hybridized carbons (Fsp3) is 0.286. The number of aromatic nitrogens is 5. The summed E-state index contributed by atoms with van der Waals surface area (Å²) in [6.07, 6.45) is 3.45. The molecule has 0 spiro atoms. The van der Waals surface area contributed by atoms with Gasteiger partial charge < -0.3 is 4.98 Å². The highest BCUT2D eigenvalue weighted by Gasteiger charge is 2.16. The van der Waals surface area contributed by atoms with Crippen molar-refractivity contribution in [2.75, 3.05) is 0 Å². The zero-order chi connectivity index (χ0) is 14.1. The molecule has 3 rings (SSSR count). The standard InChI is InChI=1S/C14H15N5O/c1-3-6-10-12-13(14(20)17-9(2)16-12)18-19(10)11-7-4-5-8-15-11/h4-5,7-8H,3,6H2,1-2H3,(H,16,17,20). The normalized spacial score (nSPS) is 11.1. The van der Waals surface area contributed by atoms with Gasteiger partial charge in [0, 0.05) is 6.20 Å². The van der Waals surface area contributed by atoms with E-state index in [0.29, 0.717) is 22.7 Å². The Bertz CT molecular complexity index is 804. The first kappa shape index (κ1) is 12.5. The van der Waals surface area contributed by atoms with E-state index in [-0.39, 0.29) is 5.56 Å². The molecular weight excluding hydrogens is 254 g/mol. The second-order valence-electron chi connectivity index (χ2n) is 4.64. The average molecular weight is 269 g/mol. The number of rotatable bonds is 3. The van der Waals surface area contributed by atoms with Crippen LogP contribution >= 0.6 is 0 Å². The smallest absolute Gasteiger partial charge is 0.279 e. The zero-order valence-corrected chi connectivity index (χ0v) is 11.4. The Kier molecular flexibility index (Phi) is 3.06. The third-order valence-corrected chi connectivity index (χ3v) is 3.10. The van der Waals surface area contributed by atoms with Crippen molar-refractivity contribution in [3.8, 4) is 5.82 Å². The van der Waals surface area contributed by atoms with Crippen LogP contribution in [0.15, 0.2) is 29.2 Å². The maximum atomic E-state index is 12.0. The molecule has 0 fully saturated rings. The summed E-state index contributed by atoms with van der Waals surface area (Å²) in [4.78, 5) is 23.4. The van der Waals surface area contributed by atoms with E-state index < -0.39 is 0 Å². The molecule has 3 aromatic heterocycles. The number of nitrogens with zero attached hydrogens (tertiary/aromatic N) is 4. The summed E-state index contributed by atoms with van der Waals surface area (Å²) in [5, 5.41) is 4.39. The predicted molar refractivity (Wildman–Crippen MR) is 76.0 cm³/mol. The molecule has 20 heavy (non-hydrogen) atoms. The van der Waals surface area contributed by atoms with Crippen LogP contribution in [0.1, 0.15) is 24.9 Å². The van der Waals surface area contributed by atoms with Crippen molar-refractivity contribution >= 4 is 11.0 Å². The van der Waals surface area contributed by atoms with Gasteiger partial charge in [0.25, 0.3) is 5.56 Å². The average Bonchev–Trinajstić information content (AvgIpc) is 2.80. The van der Waals surface area contributed by atoms with Gasteiger partial charge in [0.15, 0.2) is 11.3 Å². The molecule has 0 aliphatic carbocycles. The van der Waals surface area contributed by atoms with Crippen LogP contribution in [0.25, 0.3) is 16.9 Å². The first-order chi connectivity index (χ1) is 9.70. The maximum Gasteiger partial charge on any atom is 0.279 e. The summed E-state index contributed by atoms with van der Waals surface area (Å²) < 4.78 is 1.72. The zero-order valence-electron chi connectivity index (χ0n) is 11.4. The first-order valence-electron chi connectivity index (χ1n) is 6.60. The minimum absolute atomic E-state index is 0.209. The van der Waals surface area contributed by atoms with Gasteiger partial charge in [-0.15, -0.1) is 0 Å². The van der Waals surface area contributed by atoms with E-state index in [1.807, 2.05) is 18.2 Å². The summed E-state index contributed by atoms with van der Waals surface area (Å²) in [7, 11) is 0. The molecule has 0 bridgehead atoms. The van der Waals surface area contributed by atoms with Crippen molar-refractivity contribution in [2.24, 2.45) is 0 Å². The van der Waals surface area contributed by atoms with E-state index in [0.717, 1.165) is 18.5 Å². The molecule has 3 aromatic rings. The van der Waals surface area contributed by atoms with Gasteiger partial charge in [-0.3, -0.25) is 4.79 Å². The SMILES string of the molecule is CCCc1c2nc(C)[nH]c(=O)c2nn1-c1ccccn1. The lowest BCUT2D eigenvalue weighted by Crippen LogP contribution is -2.09. The van der Waals surface area contributed by atoms with E-state index in [1.54, 1.807) is 17.8 Å². The van der Waals surface area contributed by atoms with Crippen LogP contribution < -0.4 is 5.56 Å². The Morgan fingerprint density at radius 3 is 2.85 bits per heavy atom. The molecule has 0 radical (unpaired) electrons. The highest BCUT2D eigenvalue weighted by atomic mass is 16.1. The van der Waals surface area contributed by atoms with Crippen LogP contribution in [0.2, 0.25) is 0 Å². The second-order valence-corrected chi connectivity index (χ2v) is 4.64. The van der Waals surface area contributed by atoms with Crippen LogP contribution in [-0.4, -0.2) is 24.7 Å². The predicted octanol–water partition coefficient (Wildman–Crippen LogP) is 1.76. The lowest BCUT2D eigenvalue weighted by Gasteiger charge is -2.04. The van der Waals surface area contributed by atoms with E-state index in [1.165, 1.54) is 0 Å². The highest BCUT2D eigenvalue weighted by Crippen LogP contribution is 2.18. The fourth-order valence-corrected chi connectivity index (χ4v) is 2.26. The molecule has 0 aliphatic heterocycles. The first-order valence-corrected chi connectivity index (χ1v) is 6.60. The van der Waals surface area contributed by atoms with Crippen molar-refractivity contribution in [3.63, 3.8) is 0 Å². The summed E-state index contributed by atoms with van der Waals surface area (Å²) in [6, 6.07) is 5.61. The topological polar surface area (TPSA) is 76.5 Å². The lowest BCUT2D eigenvalue weighted by molar-refractivity contribution is 0.765. The van der Waals surface area contributed by atoms with Crippen LogP contribution in [0.3, 0.4) is 0 Å². The molecule has 6 nitrogen and oxygen atoms in total. The summed E-state index contributed by atoms with van der Waals surface area (Å²) in [6.45, 7) is 3.86. The summed E-state index contributed by atoms with van der Waals surface area (Å²) >= 11 is 0. The van der Waals surface area contributed by atoms with Crippen molar-refractivity contribution in [2.45, 2.75) is 26.7 Å². The van der Waals surface area contributed by atoms with E-state index in [9.17, 15) is 4.79 Å². The Balaban J connectivity index is 2.35. The van der Waals surface area contributed by atoms with Crippen LogP contribution in [-0.2, 0) is 6.42 Å². The van der Waals surface area contributed by atoms with Gasteiger partial charge in [-0.2, -0.15) is 5.10 Å². The van der Waals surface area contributed by atoms with Crippen molar-refractivity contribution in [1.82, 2.24) is 24.7 Å². The number of pyridine rings is 1. The van der Waals surface area contributed by atoms with Gasteiger partial charge in [-0.25, -0.2) is 14.6 Å². The third kappa shape index (κ3) is 1.99. The molecule has 0 aliphatic rings. The highest BCUT2D eigenvalue weighted by molar-refractivity contribution is 5.76. The van der Waals surface area contributed by atoms with E-state index in [2.05, 4.69) is 27.0 Å². The lowest BCUT2D eigenvalue weighted by atomic mass is 10.2. The van der Waals surface area contributed by atoms with Crippen LogP contribution in [0, 0.1) is 6.92 Å². The number of nitrogens with one attached hydrogen (secondary N) is 1. The minimum atomic E-state index is -0.209. The van der Waals surface area contributed by atoms with E-state index >= 15 is 0 Å². The fourth-order valence-electron chi connectivity index (χ4n) is 2.26. The molecular formula is C14H15N5O. The number of fused-ring (bicyclic) bond motifs is 1. The van der Waals surface area contributed by atoms with Gasteiger partial charge >= 0.3 is 0 Å². The maximum absolute atomic E-state index is 12.0. The van der Waals surface area contributed by atoms with Crippen molar-refractivity contribution in [3.05, 3.63) is 46.3 Å². The summed E-state index contributed by atoms with van der Waals surface area (Å²) in [5.74, 6) is 1.30. The largest absolute Gasteiger partial charge is 0.309 e. The Morgan fingerprint density at radius 2 is 2.15 bits per heavy atom. The monoisotopic (exact) mass is 269 g/mol. The number of hydrogen-bond donors (Lipinski definition) is 1. The molecule has 3 heterocycles. The van der Waals surface area contributed by atoms with Gasteiger partial charge in [0.05, 0.1) is 5.69 Å². The molecule has 102 valence electrons. The Labute approximate surface area is 115 Å². The van der Waals surface area contributed by atoms with Gasteiger partial charge in [-0.1, -0.05) is 19.4 Å². The number of hydrogen-bond acceptors (Lipinski definition) is 4. The molecule has 0 amide bonds. The quantitative estimate of drug-likeness (QED) is 0.786. The molecule has 0 saturated heterocycles. The molecule has 0 saturated carbocycles. The molecule has 0 aromatic carbocycles. The minimum Gasteiger partial charge on any atom is -0.309 e. The molecule has 6 heteroatoms. The van der Waals surface area contributed by atoms with Gasteiger partial charge in [0.2, 0.25) is 0 Å². The number of aryl methyl sites for hydroxylation is 2. The Hall–Kier alpha value is -2.50. The second kappa shape index (κ2) is 4.88. The summed E-state index contributed by atoms with van der Waals surface area (Å²) in [5.41, 5.74) is 1.75. The Morgan fingerprint density at radius 1 is 1.30 bits per heavy atom. The van der Waals surface area contributed by atoms with Gasteiger partial charge in [0.1, 0.15) is 11.3 Å². The van der Waals surface area contributed by atoms with Crippen LogP contribution in [0.5, 0.6) is 0 Å². The molecule has 1 N–H and O–H groups in total. The van der Waals surface area contributed by atoms with Crippen molar-refractivity contribution < 1.29 is 0 Å². The van der Waals surface area contributed by atoms with E-state index in [4.69, 9.17) is 0 Å². The number of H-pyrrole nitrogens is 1. The third-order valence-electron chi connectivity index (χ3n) is 3.10.